The smallest absolute Gasteiger partial charge is 0.0702 e. The van der Waals surface area contributed by atoms with E-state index in [2.05, 4.69) is 41.8 Å². The molecule has 0 aliphatic heterocycles. The summed E-state index contributed by atoms with van der Waals surface area (Å²) in [4.78, 5) is 0. The highest BCUT2D eigenvalue weighted by Gasteiger charge is 2.15. The number of hydrogen-bond acceptors (Lipinski definition) is 1. The molecular weight excluding hydrogens is 184 g/mol. The summed E-state index contributed by atoms with van der Waals surface area (Å²) in [5.74, 6) is 0. The Morgan fingerprint density at radius 3 is 2.87 bits per heavy atom. The average molecular weight is 204 g/mol. The highest BCUT2D eigenvalue weighted by atomic mass is 15.3. The molecule has 1 aromatic heterocycles. The fourth-order valence-corrected chi connectivity index (χ4v) is 2.21. The van der Waals surface area contributed by atoms with E-state index >= 15 is 0 Å². The maximum atomic E-state index is 4.69. The maximum Gasteiger partial charge on any atom is 0.0702 e. The van der Waals surface area contributed by atoms with Gasteiger partial charge in [0.2, 0.25) is 0 Å². The second-order valence-corrected chi connectivity index (χ2v) is 4.21. The standard InChI is InChI=1S/C13H20N2/c1-3-11-10-12(4-2)15(14-11)13-8-6-5-7-9-13/h6,8,10,13H,3-5,7,9H2,1-2H3. The summed E-state index contributed by atoms with van der Waals surface area (Å²) in [6.07, 6.45) is 10.5. The van der Waals surface area contributed by atoms with Gasteiger partial charge in [0.15, 0.2) is 0 Å². The van der Waals surface area contributed by atoms with Gasteiger partial charge in [0.05, 0.1) is 11.7 Å². The topological polar surface area (TPSA) is 17.8 Å². The largest absolute Gasteiger partial charge is 0.262 e. The van der Waals surface area contributed by atoms with Gasteiger partial charge in [0.25, 0.3) is 0 Å². The molecule has 1 aliphatic carbocycles. The lowest BCUT2D eigenvalue weighted by atomic mass is 10.0. The molecule has 0 radical (unpaired) electrons. The van der Waals surface area contributed by atoms with E-state index < -0.39 is 0 Å². The molecule has 1 aliphatic rings. The zero-order valence-corrected chi connectivity index (χ0v) is 9.74. The first-order valence-electron chi connectivity index (χ1n) is 6.09. The van der Waals surface area contributed by atoms with Gasteiger partial charge >= 0.3 is 0 Å². The lowest BCUT2D eigenvalue weighted by Gasteiger charge is -2.19. The molecule has 82 valence electrons. The number of aryl methyl sites for hydroxylation is 2. The number of hydrogen-bond donors (Lipinski definition) is 0. The second-order valence-electron chi connectivity index (χ2n) is 4.21. The van der Waals surface area contributed by atoms with E-state index in [9.17, 15) is 0 Å². The van der Waals surface area contributed by atoms with E-state index in [4.69, 9.17) is 0 Å². The summed E-state index contributed by atoms with van der Waals surface area (Å²) in [7, 11) is 0. The summed E-state index contributed by atoms with van der Waals surface area (Å²) < 4.78 is 2.23. The Morgan fingerprint density at radius 2 is 2.27 bits per heavy atom. The Labute approximate surface area is 92.0 Å². The minimum atomic E-state index is 0.508. The molecule has 2 heteroatoms. The predicted molar refractivity (Wildman–Crippen MR) is 63.0 cm³/mol. The first-order chi connectivity index (χ1) is 7.35. The van der Waals surface area contributed by atoms with Gasteiger partial charge in [0.1, 0.15) is 0 Å². The molecule has 1 aromatic rings. The molecule has 1 unspecified atom stereocenters. The summed E-state index contributed by atoms with van der Waals surface area (Å²) in [6.45, 7) is 4.38. The van der Waals surface area contributed by atoms with Gasteiger partial charge in [-0.3, -0.25) is 4.68 Å². The van der Waals surface area contributed by atoms with Crippen LogP contribution in [0.3, 0.4) is 0 Å². The van der Waals surface area contributed by atoms with Crippen molar-refractivity contribution in [2.45, 2.75) is 52.0 Å². The van der Waals surface area contributed by atoms with Crippen LogP contribution in [0.2, 0.25) is 0 Å². The number of aromatic nitrogens is 2. The third kappa shape index (κ3) is 2.14. The van der Waals surface area contributed by atoms with Crippen molar-refractivity contribution < 1.29 is 0 Å². The minimum absolute atomic E-state index is 0.508. The van der Waals surface area contributed by atoms with Crippen LogP contribution in [-0.4, -0.2) is 9.78 Å². The lowest BCUT2D eigenvalue weighted by molar-refractivity contribution is 0.457. The number of allylic oxidation sites excluding steroid dienone is 2. The quantitative estimate of drug-likeness (QED) is 0.691. The van der Waals surface area contributed by atoms with Crippen molar-refractivity contribution in [3.05, 3.63) is 29.6 Å². The third-order valence-corrected chi connectivity index (χ3v) is 3.13. The van der Waals surface area contributed by atoms with E-state index in [0.717, 1.165) is 12.8 Å². The monoisotopic (exact) mass is 204 g/mol. The van der Waals surface area contributed by atoms with Gasteiger partial charge in [0, 0.05) is 5.69 Å². The Kier molecular flexibility index (Phi) is 3.24. The van der Waals surface area contributed by atoms with Crippen LogP contribution >= 0.6 is 0 Å². The first kappa shape index (κ1) is 10.5. The molecule has 0 spiro atoms. The van der Waals surface area contributed by atoms with Gasteiger partial charge in [-0.05, 0) is 38.2 Å². The number of rotatable bonds is 3. The van der Waals surface area contributed by atoms with E-state index in [1.54, 1.807) is 0 Å². The van der Waals surface area contributed by atoms with E-state index in [0.29, 0.717) is 6.04 Å². The molecule has 0 fully saturated rings. The summed E-state index contributed by atoms with van der Waals surface area (Å²) in [5.41, 5.74) is 2.61. The van der Waals surface area contributed by atoms with Gasteiger partial charge in [-0.15, -0.1) is 0 Å². The van der Waals surface area contributed by atoms with Crippen LogP contribution in [0, 0.1) is 0 Å². The van der Waals surface area contributed by atoms with Gasteiger partial charge < -0.3 is 0 Å². The fraction of sp³-hybridized carbons (Fsp3) is 0.615. The van der Waals surface area contributed by atoms with Crippen molar-refractivity contribution in [3.63, 3.8) is 0 Å². The van der Waals surface area contributed by atoms with Crippen molar-refractivity contribution in [1.82, 2.24) is 9.78 Å². The van der Waals surface area contributed by atoms with Crippen molar-refractivity contribution in [1.29, 1.82) is 0 Å². The lowest BCUT2D eigenvalue weighted by Crippen LogP contribution is -2.13. The van der Waals surface area contributed by atoms with Gasteiger partial charge in [-0.25, -0.2) is 0 Å². The van der Waals surface area contributed by atoms with Crippen molar-refractivity contribution >= 4 is 0 Å². The highest BCUT2D eigenvalue weighted by Crippen LogP contribution is 2.24. The van der Waals surface area contributed by atoms with Crippen molar-refractivity contribution in [2.24, 2.45) is 0 Å². The molecule has 15 heavy (non-hydrogen) atoms. The first-order valence-corrected chi connectivity index (χ1v) is 6.09. The molecule has 1 atom stereocenters. The van der Waals surface area contributed by atoms with Crippen LogP contribution in [0.4, 0.5) is 0 Å². The molecule has 0 N–H and O–H groups in total. The minimum Gasteiger partial charge on any atom is -0.262 e. The molecular formula is C13H20N2. The van der Waals surface area contributed by atoms with Crippen molar-refractivity contribution in [2.75, 3.05) is 0 Å². The molecule has 0 bridgehead atoms. The zero-order chi connectivity index (χ0) is 10.7. The summed E-state index contributed by atoms with van der Waals surface area (Å²) in [5, 5.41) is 4.69. The molecule has 2 rings (SSSR count). The molecule has 0 saturated carbocycles. The van der Waals surface area contributed by atoms with E-state index in [-0.39, 0.29) is 0 Å². The highest BCUT2D eigenvalue weighted by molar-refractivity contribution is 5.13. The predicted octanol–water partition coefficient (Wildman–Crippen LogP) is 3.29. The fourth-order valence-electron chi connectivity index (χ4n) is 2.21. The van der Waals surface area contributed by atoms with E-state index in [1.807, 2.05) is 0 Å². The average Bonchev–Trinajstić information content (AvgIpc) is 2.73. The van der Waals surface area contributed by atoms with Crippen LogP contribution in [0.5, 0.6) is 0 Å². The van der Waals surface area contributed by atoms with E-state index in [1.165, 1.54) is 30.7 Å². The molecule has 2 nitrogen and oxygen atoms in total. The van der Waals surface area contributed by atoms with Gasteiger partial charge in [-0.2, -0.15) is 5.10 Å². The molecule has 0 aromatic carbocycles. The Hall–Kier alpha value is -1.05. The van der Waals surface area contributed by atoms with Crippen LogP contribution in [0.15, 0.2) is 18.2 Å². The summed E-state index contributed by atoms with van der Waals surface area (Å²) >= 11 is 0. The van der Waals surface area contributed by atoms with Crippen molar-refractivity contribution in [3.8, 4) is 0 Å². The second kappa shape index (κ2) is 4.65. The SMILES string of the molecule is CCc1cc(CC)n(C2C=CCCC2)n1. The van der Waals surface area contributed by atoms with Gasteiger partial charge in [-0.1, -0.05) is 26.0 Å². The van der Waals surface area contributed by atoms with Crippen LogP contribution in [-0.2, 0) is 12.8 Å². The molecule has 1 heterocycles. The third-order valence-electron chi connectivity index (χ3n) is 3.13. The Bertz CT molecular complexity index is 349. The molecule has 0 amide bonds. The van der Waals surface area contributed by atoms with Crippen LogP contribution < -0.4 is 0 Å². The van der Waals surface area contributed by atoms with Crippen LogP contribution in [0.1, 0.15) is 50.5 Å². The van der Waals surface area contributed by atoms with Crippen LogP contribution in [0.25, 0.3) is 0 Å². The normalized spacial score (nSPS) is 20.8. The maximum absolute atomic E-state index is 4.69. The summed E-state index contributed by atoms with van der Waals surface area (Å²) in [6, 6.07) is 2.76. The molecule has 0 saturated heterocycles. The number of nitrogens with zero attached hydrogens (tertiary/aromatic N) is 2. The Balaban J connectivity index is 2.28. The Morgan fingerprint density at radius 1 is 1.40 bits per heavy atom. The zero-order valence-electron chi connectivity index (χ0n) is 9.74.